The maximum atomic E-state index is 14.6. The van der Waals surface area contributed by atoms with Crippen LogP contribution in [0.2, 0.25) is 0 Å². The molecule has 0 heterocycles. The zero-order valence-corrected chi connectivity index (χ0v) is 28.5. The smallest absolute Gasteiger partial charge is 0.209 e. The number of aromatic hydroxyl groups is 2. The first-order valence-electron chi connectivity index (χ1n) is 15.9. The van der Waals surface area contributed by atoms with Crippen molar-refractivity contribution in [3.63, 3.8) is 0 Å². The number of carbonyl (C=O) groups is 3. The van der Waals surface area contributed by atoms with Gasteiger partial charge in [-0.1, -0.05) is 54.5 Å². The molecule has 0 saturated heterocycles. The SMILES string of the molecule is COc1ccc(CNc2cc(C(C)C)c3c(c2O)C(=O)C2=C(O)[C@@]4(O)C(=O)C(C(C)=O)=C(O)[C@@](C)(C(C)C)[C@@]4(C)C[C@@]2(C)C3)cc1O. The first kappa shape index (κ1) is 34.0. The molecule has 3 aliphatic carbocycles. The Labute approximate surface area is 274 Å². The minimum atomic E-state index is -2.70. The molecule has 2 aromatic carbocycles. The van der Waals surface area contributed by atoms with Crippen LogP contribution in [0, 0.1) is 22.2 Å². The second-order valence-electron chi connectivity index (χ2n) is 14.7. The second-order valence-corrected chi connectivity index (χ2v) is 14.7. The summed E-state index contributed by atoms with van der Waals surface area (Å²) in [4.78, 5) is 41.4. The van der Waals surface area contributed by atoms with Crippen LogP contribution in [-0.2, 0) is 22.6 Å². The Morgan fingerprint density at radius 2 is 1.64 bits per heavy atom. The molecule has 3 aliphatic rings. The fourth-order valence-electron chi connectivity index (χ4n) is 8.60. The van der Waals surface area contributed by atoms with E-state index in [0.29, 0.717) is 16.9 Å². The third-order valence-corrected chi connectivity index (χ3v) is 11.5. The predicted octanol–water partition coefficient (Wildman–Crippen LogP) is 6.19. The van der Waals surface area contributed by atoms with E-state index in [4.69, 9.17) is 4.74 Å². The molecule has 0 aliphatic heterocycles. The van der Waals surface area contributed by atoms with Crippen molar-refractivity contribution < 1.29 is 44.7 Å². The molecule has 6 N–H and O–H groups in total. The molecule has 0 amide bonds. The number of benzene rings is 2. The number of carbonyl (C=O) groups excluding carboxylic acids is 3. The van der Waals surface area contributed by atoms with Crippen molar-refractivity contribution in [2.24, 2.45) is 22.2 Å². The number of phenols is 2. The van der Waals surface area contributed by atoms with E-state index in [9.17, 15) is 39.9 Å². The standard InChI is InChI=1S/C37H45NO9/c1-17(2)21-13-23(38-15-20-10-11-25(47-9)24(40)12-20)29(41)27-22(21)14-34(6)16-35(7)36(8,18(3)4)31(43)26(19(5)39)32(44)37(35,46)33(45)28(34)30(27)42/h10-13,17-18,38,40-41,43,45-46H,14-16H2,1-9H3/t34-,35-,36-,37+/m1/s1. The highest BCUT2D eigenvalue weighted by atomic mass is 16.5. The number of ketones is 3. The third-order valence-electron chi connectivity index (χ3n) is 11.5. The normalized spacial score (nSPS) is 28.8. The highest BCUT2D eigenvalue weighted by Gasteiger charge is 2.74. The van der Waals surface area contributed by atoms with Crippen LogP contribution < -0.4 is 10.1 Å². The topological polar surface area (TPSA) is 174 Å². The van der Waals surface area contributed by atoms with E-state index in [1.165, 1.54) is 13.2 Å². The van der Waals surface area contributed by atoms with Crippen LogP contribution in [0.25, 0.3) is 0 Å². The zero-order chi connectivity index (χ0) is 35.2. The first-order chi connectivity index (χ1) is 21.7. The molecule has 0 spiro atoms. The maximum Gasteiger partial charge on any atom is 0.209 e. The first-order valence-corrected chi connectivity index (χ1v) is 15.9. The number of hydrogen-bond donors (Lipinski definition) is 6. The minimum Gasteiger partial charge on any atom is -0.511 e. The number of phenolic OH excluding ortho intramolecular Hbond substituents is 2. The van der Waals surface area contributed by atoms with Gasteiger partial charge in [-0.3, -0.25) is 14.4 Å². The van der Waals surface area contributed by atoms with Gasteiger partial charge in [0.25, 0.3) is 0 Å². The maximum absolute atomic E-state index is 14.6. The molecule has 252 valence electrons. The van der Waals surface area contributed by atoms with E-state index in [1.807, 2.05) is 27.7 Å². The quantitative estimate of drug-likeness (QED) is 0.150. The summed E-state index contributed by atoms with van der Waals surface area (Å²) in [5.41, 5.74) is -5.22. The number of allylic oxidation sites excluding steroid dienone is 2. The molecular formula is C37H45NO9. The number of Topliss-reactive ketones (excluding diaryl/α,β-unsaturated/α-hetero) is 3. The highest BCUT2D eigenvalue weighted by Crippen LogP contribution is 2.69. The molecule has 0 radical (unpaired) electrons. The van der Waals surface area contributed by atoms with Gasteiger partial charge in [0.15, 0.2) is 28.7 Å². The Balaban J connectivity index is 1.72. The molecule has 0 bridgehead atoms. The molecule has 5 rings (SSSR count). The lowest BCUT2D eigenvalue weighted by Crippen LogP contribution is -2.70. The Morgan fingerprint density at radius 1 is 1.00 bits per heavy atom. The monoisotopic (exact) mass is 647 g/mol. The van der Waals surface area contributed by atoms with Crippen LogP contribution in [0.15, 0.2) is 46.9 Å². The van der Waals surface area contributed by atoms with Gasteiger partial charge in [-0.05, 0) is 66.5 Å². The largest absolute Gasteiger partial charge is 0.511 e. The summed E-state index contributed by atoms with van der Waals surface area (Å²) in [7, 11) is 1.45. The molecule has 0 aromatic heterocycles. The van der Waals surface area contributed by atoms with Crippen molar-refractivity contribution in [3.05, 3.63) is 69.2 Å². The number of aliphatic hydroxyl groups excluding tert-OH is 2. The van der Waals surface area contributed by atoms with E-state index in [-0.39, 0.29) is 53.6 Å². The average molecular weight is 648 g/mol. The van der Waals surface area contributed by atoms with E-state index in [0.717, 1.165) is 12.5 Å². The van der Waals surface area contributed by atoms with Crippen LogP contribution in [-0.4, -0.2) is 55.6 Å². The van der Waals surface area contributed by atoms with Crippen LogP contribution in [0.4, 0.5) is 5.69 Å². The number of fused-ring (bicyclic) bond motifs is 3. The van der Waals surface area contributed by atoms with Gasteiger partial charge in [0.2, 0.25) is 5.78 Å². The van der Waals surface area contributed by atoms with Gasteiger partial charge in [-0.25, -0.2) is 0 Å². The van der Waals surface area contributed by atoms with Crippen molar-refractivity contribution >= 4 is 23.0 Å². The van der Waals surface area contributed by atoms with Gasteiger partial charge in [0.05, 0.1) is 18.4 Å². The van der Waals surface area contributed by atoms with Crippen molar-refractivity contribution in [1.29, 1.82) is 0 Å². The molecule has 2 aromatic rings. The van der Waals surface area contributed by atoms with E-state index in [2.05, 4.69) is 5.32 Å². The summed E-state index contributed by atoms with van der Waals surface area (Å²) in [6.45, 7) is 14.0. The van der Waals surface area contributed by atoms with Gasteiger partial charge in [-0.15, -0.1) is 0 Å². The van der Waals surface area contributed by atoms with Crippen LogP contribution >= 0.6 is 0 Å². The fraction of sp³-hybridized carbons (Fsp3) is 0.486. The van der Waals surface area contributed by atoms with Gasteiger partial charge in [0, 0.05) is 28.4 Å². The Morgan fingerprint density at radius 3 is 2.17 bits per heavy atom. The number of aliphatic hydroxyl groups is 3. The lowest BCUT2D eigenvalue weighted by Gasteiger charge is -2.63. The zero-order valence-electron chi connectivity index (χ0n) is 28.5. The lowest BCUT2D eigenvalue weighted by atomic mass is 9.40. The van der Waals surface area contributed by atoms with Crippen molar-refractivity contribution in [2.45, 2.75) is 86.3 Å². The van der Waals surface area contributed by atoms with Gasteiger partial charge in [-0.2, -0.15) is 0 Å². The Bertz CT molecular complexity index is 1800. The highest BCUT2D eigenvalue weighted by molar-refractivity contribution is 6.25. The summed E-state index contributed by atoms with van der Waals surface area (Å²) in [6, 6.07) is 6.68. The van der Waals surface area contributed by atoms with Gasteiger partial charge >= 0.3 is 0 Å². The molecule has 10 nitrogen and oxygen atoms in total. The number of ether oxygens (including phenoxy) is 1. The van der Waals surface area contributed by atoms with E-state index < -0.39 is 62.2 Å². The number of anilines is 1. The lowest BCUT2D eigenvalue weighted by molar-refractivity contribution is -0.190. The molecule has 0 fully saturated rings. The Kier molecular flexibility index (Phi) is 7.87. The molecule has 47 heavy (non-hydrogen) atoms. The average Bonchev–Trinajstić information content (AvgIpc) is 2.97. The van der Waals surface area contributed by atoms with Crippen LogP contribution in [0.1, 0.15) is 94.8 Å². The fourth-order valence-corrected chi connectivity index (χ4v) is 8.60. The summed E-state index contributed by atoms with van der Waals surface area (Å²) < 4.78 is 5.11. The minimum absolute atomic E-state index is 0.00992. The van der Waals surface area contributed by atoms with Crippen molar-refractivity contribution in [1.82, 2.24) is 0 Å². The molecule has 4 atom stereocenters. The van der Waals surface area contributed by atoms with Gasteiger partial charge in [0.1, 0.15) is 22.8 Å². The van der Waals surface area contributed by atoms with Gasteiger partial charge < -0.3 is 35.6 Å². The summed E-state index contributed by atoms with van der Waals surface area (Å²) in [5.74, 6) is -4.50. The molecule has 10 heteroatoms. The molecular weight excluding hydrogens is 602 g/mol. The summed E-state index contributed by atoms with van der Waals surface area (Å²) in [6.07, 6.45) is 0.204. The number of rotatable bonds is 7. The Hall–Kier alpha value is -4.31. The van der Waals surface area contributed by atoms with Crippen molar-refractivity contribution in [3.8, 4) is 17.2 Å². The number of hydrogen-bond acceptors (Lipinski definition) is 10. The summed E-state index contributed by atoms with van der Waals surface area (Å²) in [5, 5.41) is 61.1. The summed E-state index contributed by atoms with van der Waals surface area (Å²) >= 11 is 0. The predicted molar refractivity (Wildman–Crippen MR) is 176 cm³/mol. The van der Waals surface area contributed by atoms with E-state index >= 15 is 0 Å². The third kappa shape index (κ3) is 4.36. The van der Waals surface area contributed by atoms with Crippen LogP contribution in [0.3, 0.4) is 0 Å². The van der Waals surface area contributed by atoms with E-state index in [1.54, 1.807) is 39.0 Å². The molecule has 0 unspecified atom stereocenters. The number of methoxy groups -OCH3 is 1. The second kappa shape index (κ2) is 10.9. The van der Waals surface area contributed by atoms with Crippen LogP contribution in [0.5, 0.6) is 17.2 Å². The van der Waals surface area contributed by atoms with Crippen molar-refractivity contribution in [2.75, 3.05) is 12.4 Å². The number of nitrogens with one attached hydrogen (secondary N) is 1. The molecule has 0 saturated carbocycles.